The van der Waals surface area contributed by atoms with Gasteiger partial charge in [-0.3, -0.25) is 0 Å². The Kier molecular flexibility index (Phi) is 3.12. The van der Waals surface area contributed by atoms with Gasteiger partial charge in [0.05, 0.1) is 6.61 Å². The lowest BCUT2D eigenvalue weighted by molar-refractivity contribution is 0.0796. The second-order valence-corrected chi connectivity index (χ2v) is 5.56. The number of ether oxygens (including phenoxy) is 1. The van der Waals surface area contributed by atoms with Gasteiger partial charge in [-0.05, 0) is 30.5 Å². The largest absolute Gasteiger partial charge is 0.495 e. The fourth-order valence-corrected chi connectivity index (χ4v) is 3.71. The summed E-state index contributed by atoms with van der Waals surface area (Å²) in [6.45, 7) is 0.740. The van der Waals surface area contributed by atoms with E-state index >= 15 is 0 Å². The molecule has 90 valence electrons. The molecule has 0 spiro atoms. The zero-order valence-electron chi connectivity index (χ0n) is 9.63. The average Bonchev–Trinajstić information content (AvgIpc) is 2.83. The van der Waals surface area contributed by atoms with E-state index in [4.69, 9.17) is 4.74 Å². The van der Waals surface area contributed by atoms with Crippen molar-refractivity contribution in [2.45, 2.75) is 29.8 Å². The van der Waals surface area contributed by atoms with Crippen molar-refractivity contribution < 1.29 is 9.84 Å². The molecule has 0 saturated carbocycles. The van der Waals surface area contributed by atoms with Crippen LogP contribution in [0.5, 0.6) is 0 Å². The zero-order valence-corrected chi connectivity index (χ0v) is 10.5. The molecule has 2 nitrogen and oxygen atoms in total. The first-order valence-electron chi connectivity index (χ1n) is 6.09. The maximum absolute atomic E-state index is 10.4. The molecule has 3 heteroatoms. The Hall–Kier alpha value is -0.930. The maximum atomic E-state index is 10.4. The minimum absolute atomic E-state index is 0.181. The van der Waals surface area contributed by atoms with Crippen molar-refractivity contribution in [1.29, 1.82) is 0 Å². The number of hydrogen-bond donors (Lipinski definition) is 1. The van der Waals surface area contributed by atoms with Gasteiger partial charge in [-0.15, -0.1) is 11.8 Å². The Labute approximate surface area is 106 Å². The third-order valence-corrected chi connectivity index (χ3v) is 4.58. The third kappa shape index (κ3) is 2.09. The fraction of sp³-hybridized carbons (Fsp3) is 0.429. The predicted octanol–water partition coefficient (Wildman–Crippen LogP) is 2.93. The Balaban J connectivity index is 1.84. The molecule has 1 N–H and O–H groups in total. The Morgan fingerprint density at radius 3 is 3.06 bits per heavy atom. The highest BCUT2D eigenvalue weighted by atomic mass is 32.2. The first kappa shape index (κ1) is 11.2. The Morgan fingerprint density at radius 1 is 1.35 bits per heavy atom. The highest BCUT2D eigenvalue weighted by Crippen LogP contribution is 2.42. The molecule has 0 aliphatic carbocycles. The standard InChI is InChI=1S/C14H16O2S/c15-14(12-6-3-4-8-16-12)11-9-17-13-7-2-1-5-10(11)13/h1-2,5-7,11,14-15H,3-4,8-9H2. The minimum atomic E-state index is -0.480. The molecule has 0 bridgehead atoms. The summed E-state index contributed by atoms with van der Waals surface area (Å²) in [5, 5.41) is 10.4. The van der Waals surface area contributed by atoms with Gasteiger partial charge in [0, 0.05) is 16.6 Å². The van der Waals surface area contributed by atoms with Crippen molar-refractivity contribution in [3.63, 3.8) is 0 Å². The highest BCUT2D eigenvalue weighted by molar-refractivity contribution is 7.99. The molecule has 3 rings (SSSR count). The summed E-state index contributed by atoms with van der Waals surface area (Å²) in [4.78, 5) is 1.30. The molecular weight excluding hydrogens is 232 g/mol. The summed E-state index contributed by atoms with van der Waals surface area (Å²) >= 11 is 1.83. The van der Waals surface area contributed by atoms with Crippen LogP contribution < -0.4 is 0 Å². The smallest absolute Gasteiger partial charge is 0.121 e. The summed E-state index contributed by atoms with van der Waals surface area (Å²) in [6.07, 6.45) is 3.64. The van der Waals surface area contributed by atoms with Gasteiger partial charge in [0.25, 0.3) is 0 Å². The second kappa shape index (κ2) is 4.75. The van der Waals surface area contributed by atoms with E-state index in [1.54, 1.807) is 0 Å². The van der Waals surface area contributed by atoms with Crippen LogP contribution in [0.25, 0.3) is 0 Å². The monoisotopic (exact) mass is 248 g/mol. The lowest BCUT2D eigenvalue weighted by Crippen LogP contribution is -2.24. The molecule has 0 fully saturated rings. The number of thioether (sulfide) groups is 1. The van der Waals surface area contributed by atoms with Crippen molar-refractivity contribution >= 4 is 11.8 Å². The van der Waals surface area contributed by atoms with Crippen LogP contribution in [0.4, 0.5) is 0 Å². The molecule has 0 radical (unpaired) electrons. The van der Waals surface area contributed by atoms with Gasteiger partial charge < -0.3 is 9.84 Å². The highest BCUT2D eigenvalue weighted by Gasteiger charge is 2.32. The molecule has 1 aromatic carbocycles. The predicted molar refractivity (Wildman–Crippen MR) is 69.2 cm³/mol. The second-order valence-electron chi connectivity index (χ2n) is 4.50. The number of fused-ring (bicyclic) bond motifs is 1. The summed E-state index contributed by atoms with van der Waals surface area (Å²) < 4.78 is 5.57. The van der Waals surface area contributed by atoms with Crippen molar-refractivity contribution in [2.75, 3.05) is 12.4 Å². The summed E-state index contributed by atoms with van der Waals surface area (Å²) in [7, 11) is 0. The van der Waals surface area contributed by atoms with Gasteiger partial charge in [0.1, 0.15) is 11.9 Å². The molecule has 2 aliphatic rings. The third-order valence-electron chi connectivity index (χ3n) is 3.37. The van der Waals surface area contributed by atoms with Crippen LogP contribution in [0.3, 0.4) is 0 Å². The molecule has 2 unspecified atom stereocenters. The average molecular weight is 248 g/mol. The van der Waals surface area contributed by atoms with Crippen LogP contribution in [-0.4, -0.2) is 23.6 Å². The SMILES string of the molecule is OC(C1=CCCCO1)C1CSc2ccccc21. The van der Waals surface area contributed by atoms with Crippen molar-refractivity contribution in [2.24, 2.45) is 0 Å². The normalized spacial score (nSPS) is 24.8. The number of rotatable bonds is 2. The molecule has 0 aromatic heterocycles. The summed E-state index contributed by atoms with van der Waals surface area (Å²) in [5.41, 5.74) is 1.26. The number of benzene rings is 1. The fourth-order valence-electron chi connectivity index (χ4n) is 2.43. The lowest BCUT2D eigenvalue weighted by Gasteiger charge is -2.24. The number of allylic oxidation sites excluding steroid dienone is 1. The van der Waals surface area contributed by atoms with Gasteiger partial charge in [0.2, 0.25) is 0 Å². The molecule has 0 saturated heterocycles. The first-order valence-corrected chi connectivity index (χ1v) is 7.07. The van der Waals surface area contributed by atoms with Gasteiger partial charge in [0.15, 0.2) is 0 Å². The quantitative estimate of drug-likeness (QED) is 0.872. The Morgan fingerprint density at radius 2 is 2.24 bits per heavy atom. The van der Waals surface area contributed by atoms with E-state index in [9.17, 15) is 5.11 Å². The molecule has 1 aromatic rings. The van der Waals surface area contributed by atoms with Gasteiger partial charge >= 0.3 is 0 Å². The zero-order chi connectivity index (χ0) is 11.7. The minimum Gasteiger partial charge on any atom is -0.495 e. The van der Waals surface area contributed by atoms with Crippen LogP contribution in [0.2, 0.25) is 0 Å². The maximum Gasteiger partial charge on any atom is 0.121 e. The number of aliphatic hydroxyl groups excluding tert-OH is 1. The molecule has 0 amide bonds. The van der Waals surface area contributed by atoms with Crippen molar-refractivity contribution in [3.05, 3.63) is 41.7 Å². The van der Waals surface area contributed by atoms with Crippen molar-refractivity contribution in [1.82, 2.24) is 0 Å². The molecule has 2 atom stereocenters. The van der Waals surface area contributed by atoms with Crippen LogP contribution >= 0.6 is 11.8 Å². The number of aliphatic hydroxyl groups is 1. The van der Waals surface area contributed by atoms with E-state index in [0.717, 1.165) is 31.0 Å². The molecule has 2 aliphatic heterocycles. The lowest BCUT2D eigenvalue weighted by atomic mass is 9.93. The van der Waals surface area contributed by atoms with Crippen LogP contribution in [0.1, 0.15) is 24.3 Å². The molecule has 2 heterocycles. The van der Waals surface area contributed by atoms with Gasteiger partial charge in [-0.25, -0.2) is 0 Å². The summed E-state index contributed by atoms with van der Waals surface area (Å²) in [6, 6.07) is 8.34. The first-order chi connectivity index (χ1) is 8.36. The van der Waals surface area contributed by atoms with E-state index in [1.165, 1.54) is 10.5 Å². The summed E-state index contributed by atoms with van der Waals surface area (Å²) in [5.74, 6) is 1.90. The van der Waals surface area contributed by atoms with E-state index in [2.05, 4.69) is 18.2 Å². The Bertz CT molecular complexity index is 442. The van der Waals surface area contributed by atoms with Crippen LogP contribution in [-0.2, 0) is 4.74 Å². The number of hydrogen-bond acceptors (Lipinski definition) is 3. The van der Waals surface area contributed by atoms with Gasteiger partial charge in [-0.1, -0.05) is 18.2 Å². The van der Waals surface area contributed by atoms with E-state index in [-0.39, 0.29) is 5.92 Å². The van der Waals surface area contributed by atoms with Crippen LogP contribution in [0.15, 0.2) is 41.0 Å². The topological polar surface area (TPSA) is 29.5 Å². The van der Waals surface area contributed by atoms with Gasteiger partial charge in [-0.2, -0.15) is 0 Å². The van der Waals surface area contributed by atoms with Crippen molar-refractivity contribution in [3.8, 4) is 0 Å². The van der Waals surface area contributed by atoms with Crippen LogP contribution in [0, 0.1) is 0 Å². The van der Waals surface area contributed by atoms with E-state index in [0.29, 0.717) is 0 Å². The van der Waals surface area contributed by atoms with E-state index in [1.807, 2.05) is 23.9 Å². The molecular formula is C14H16O2S. The van der Waals surface area contributed by atoms with E-state index < -0.39 is 6.10 Å². The molecule has 17 heavy (non-hydrogen) atoms.